The Morgan fingerprint density at radius 3 is 2.60 bits per heavy atom. The minimum absolute atomic E-state index is 0.0818. The molecule has 20 heavy (non-hydrogen) atoms. The van der Waals surface area contributed by atoms with Crippen LogP contribution in [0.4, 0.5) is 4.39 Å². The summed E-state index contributed by atoms with van der Waals surface area (Å²) in [5, 5.41) is 11.5. The number of carboxylic acids is 1. The van der Waals surface area contributed by atoms with E-state index in [9.17, 15) is 14.0 Å². The molecule has 1 aromatic rings. The van der Waals surface area contributed by atoms with Crippen molar-refractivity contribution in [3.63, 3.8) is 0 Å². The molecule has 0 atom stereocenters. The first kappa shape index (κ1) is 16.4. The Kier molecular flexibility index (Phi) is 7.01. The molecule has 0 bridgehead atoms. The van der Waals surface area contributed by atoms with Crippen LogP contribution in [-0.4, -0.2) is 23.5 Å². The number of rotatable bonds is 8. The van der Waals surface area contributed by atoms with Gasteiger partial charge in [0.1, 0.15) is 5.82 Å². The van der Waals surface area contributed by atoms with E-state index in [-0.39, 0.29) is 18.1 Å². The van der Waals surface area contributed by atoms with Crippen molar-refractivity contribution < 1.29 is 19.1 Å². The number of aliphatic carboxylic acids is 1. The van der Waals surface area contributed by atoms with Gasteiger partial charge in [0.15, 0.2) is 0 Å². The van der Waals surface area contributed by atoms with Gasteiger partial charge in [-0.15, -0.1) is 0 Å². The zero-order valence-corrected chi connectivity index (χ0v) is 11.8. The molecule has 1 amide bonds. The predicted octanol–water partition coefficient (Wildman–Crippen LogP) is 2.78. The Bertz CT molecular complexity index is 479. The van der Waals surface area contributed by atoms with Crippen LogP contribution in [0.1, 0.15) is 31.2 Å². The lowest BCUT2D eigenvalue weighted by molar-refractivity contribution is -0.137. The number of hydrogen-bond acceptors (Lipinski definition) is 2. The van der Waals surface area contributed by atoms with Gasteiger partial charge in [-0.3, -0.25) is 9.59 Å². The van der Waals surface area contributed by atoms with Crippen molar-refractivity contribution in [1.29, 1.82) is 0 Å². The number of nitrogens with one attached hydrogen (secondary N) is 1. The molecule has 0 saturated carbocycles. The zero-order chi connectivity index (χ0) is 15.0. The van der Waals surface area contributed by atoms with E-state index in [1.807, 2.05) is 0 Å². The second-order valence-corrected chi connectivity index (χ2v) is 4.84. The summed E-state index contributed by atoms with van der Waals surface area (Å²) < 4.78 is 12.8. The van der Waals surface area contributed by atoms with E-state index in [4.69, 9.17) is 16.7 Å². The quantitative estimate of drug-likeness (QED) is 0.726. The second kappa shape index (κ2) is 8.53. The highest BCUT2D eigenvalue weighted by molar-refractivity contribution is 6.31. The van der Waals surface area contributed by atoms with Gasteiger partial charge in [0, 0.05) is 24.4 Å². The van der Waals surface area contributed by atoms with Crippen molar-refractivity contribution in [3.05, 3.63) is 34.6 Å². The minimum Gasteiger partial charge on any atom is -0.481 e. The van der Waals surface area contributed by atoms with Crippen LogP contribution in [0.5, 0.6) is 0 Å². The molecule has 6 heteroatoms. The Balaban J connectivity index is 2.20. The number of carbonyl (C=O) groups excluding carboxylic acids is 1. The first-order chi connectivity index (χ1) is 9.49. The third-order valence-corrected chi connectivity index (χ3v) is 3.13. The summed E-state index contributed by atoms with van der Waals surface area (Å²) in [6.07, 6.45) is 1.96. The highest BCUT2D eigenvalue weighted by atomic mass is 35.5. The van der Waals surface area contributed by atoms with E-state index in [2.05, 4.69) is 5.32 Å². The van der Waals surface area contributed by atoms with Crippen LogP contribution < -0.4 is 5.32 Å². The molecule has 0 aliphatic rings. The van der Waals surface area contributed by atoms with Crippen LogP contribution in [-0.2, 0) is 16.0 Å². The Labute approximate surface area is 121 Å². The van der Waals surface area contributed by atoms with Crippen molar-refractivity contribution in [3.8, 4) is 0 Å². The standard InChI is InChI=1S/C14H17ClFNO3/c15-12-9-11(16)6-5-10(12)7-8-17-13(18)3-1-2-4-14(19)20/h5-6,9H,1-4,7-8H2,(H,17,18)(H,19,20). The third-order valence-electron chi connectivity index (χ3n) is 2.78. The largest absolute Gasteiger partial charge is 0.481 e. The molecule has 0 spiro atoms. The Morgan fingerprint density at radius 2 is 1.95 bits per heavy atom. The maximum absolute atomic E-state index is 12.8. The molecule has 1 aromatic carbocycles. The molecule has 0 saturated heterocycles. The maximum atomic E-state index is 12.8. The monoisotopic (exact) mass is 301 g/mol. The summed E-state index contributed by atoms with van der Waals surface area (Å²) in [6.45, 7) is 0.420. The summed E-state index contributed by atoms with van der Waals surface area (Å²) in [5.74, 6) is -1.36. The van der Waals surface area contributed by atoms with E-state index in [1.165, 1.54) is 12.1 Å². The first-order valence-electron chi connectivity index (χ1n) is 6.41. The van der Waals surface area contributed by atoms with Crippen molar-refractivity contribution in [2.45, 2.75) is 32.1 Å². The number of amides is 1. The van der Waals surface area contributed by atoms with Gasteiger partial charge in [0.2, 0.25) is 5.91 Å². The van der Waals surface area contributed by atoms with Gasteiger partial charge in [-0.2, -0.15) is 0 Å². The molecule has 0 heterocycles. The maximum Gasteiger partial charge on any atom is 0.303 e. The van der Waals surface area contributed by atoms with Crippen molar-refractivity contribution in [1.82, 2.24) is 5.32 Å². The first-order valence-corrected chi connectivity index (χ1v) is 6.79. The summed E-state index contributed by atoms with van der Waals surface area (Å²) in [7, 11) is 0. The fourth-order valence-corrected chi connectivity index (χ4v) is 1.97. The lowest BCUT2D eigenvalue weighted by atomic mass is 10.1. The van der Waals surface area contributed by atoms with Gasteiger partial charge in [-0.05, 0) is 37.0 Å². The number of carboxylic acid groups (broad SMARTS) is 1. The van der Waals surface area contributed by atoms with E-state index in [1.54, 1.807) is 6.07 Å². The molecule has 0 fully saturated rings. The molecular formula is C14H17ClFNO3. The van der Waals surface area contributed by atoms with Crippen LogP contribution >= 0.6 is 11.6 Å². The average molecular weight is 302 g/mol. The number of carbonyl (C=O) groups is 2. The third kappa shape index (κ3) is 6.52. The lowest BCUT2D eigenvalue weighted by Gasteiger charge is -2.06. The molecule has 110 valence electrons. The molecule has 0 radical (unpaired) electrons. The van der Waals surface area contributed by atoms with Crippen LogP contribution in [0.15, 0.2) is 18.2 Å². The zero-order valence-electron chi connectivity index (χ0n) is 11.0. The molecule has 0 aromatic heterocycles. The Hall–Kier alpha value is -1.62. The number of hydrogen-bond donors (Lipinski definition) is 2. The van der Waals surface area contributed by atoms with Gasteiger partial charge in [-0.25, -0.2) is 4.39 Å². The fourth-order valence-electron chi connectivity index (χ4n) is 1.71. The second-order valence-electron chi connectivity index (χ2n) is 4.44. The van der Waals surface area contributed by atoms with Crippen LogP contribution in [0.3, 0.4) is 0 Å². The molecule has 0 aliphatic carbocycles. The van der Waals surface area contributed by atoms with Crippen molar-refractivity contribution in [2.24, 2.45) is 0 Å². The molecule has 1 rings (SSSR count). The topological polar surface area (TPSA) is 66.4 Å². The van der Waals surface area contributed by atoms with Gasteiger partial charge in [0.25, 0.3) is 0 Å². The van der Waals surface area contributed by atoms with Crippen LogP contribution in [0, 0.1) is 5.82 Å². The molecule has 0 aliphatic heterocycles. The number of unbranched alkanes of at least 4 members (excludes halogenated alkanes) is 1. The van der Waals surface area contributed by atoms with E-state index < -0.39 is 5.97 Å². The summed E-state index contributed by atoms with van der Waals surface area (Å²) in [6, 6.07) is 4.16. The van der Waals surface area contributed by atoms with E-state index in [0.717, 1.165) is 5.56 Å². The number of benzene rings is 1. The minimum atomic E-state index is -0.851. The van der Waals surface area contributed by atoms with Crippen molar-refractivity contribution >= 4 is 23.5 Å². The molecule has 0 unspecified atom stereocenters. The summed E-state index contributed by atoms with van der Waals surface area (Å²) in [5.41, 5.74) is 0.777. The van der Waals surface area contributed by atoms with Crippen molar-refractivity contribution in [2.75, 3.05) is 6.54 Å². The Morgan fingerprint density at radius 1 is 1.25 bits per heavy atom. The van der Waals surface area contributed by atoms with Gasteiger partial charge in [0.05, 0.1) is 0 Å². The highest BCUT2D eigenvalue weighted by Crippen LogP contribution is 2.17. The highest BCUT2D eigenvalue weighted by Gasteiger charge is 2.05. The predicted molar refractivity (Wildman–Crippen MR) is 74.2 cm³/mol. The normalized spacial score (nSPS) is 10.3. The fraction of sp³-hybridized carbons (Fsp3) is 0.429. The molecule has 2 N–H and O–H groups in total. The number of halogens is 2. The summed E-state index contributed by atoms with van der Waals surface area (Å²) >= 11 is 5.87. The summed E-state index contributed by atoms with van der Waals surface area (Å²) in [4.78, 5) is 21.8. The van der Waals surface area contributed by atoms with Gasteiger partial charge < -0.3 is 10.4 Å². The van der Waals surface area contributed by atoms with E-state index >= 15 is 0 Å². The van der Waals surface area contributed by atoms with E-state index in [0.29, 0.717) is 37.3 Å². The SMILES string of the molecule is O=C(O)CCCCC(=O)NCCc1ccc(F)cc1Cl. The van der Waals surface area contributed by atoms with Crippen LogP contribution in [0.2, 0.25) is 5.02 Å². The lowest BCUT2D eigenvalue weighted by Crippen LogP contribution is -2.25. The molecular weight excluding hydrogens is 285 g/mol. The smallest absolute Gasteiger partial charge is 0.303 e. The average Bonchev–Trinajstić information content (AvgIpc) is 2.37. The van der Waals surface area contributed by atoms with Gasteiger partial charge >= 0.3 is 5.97 Å². The van der Waals surface area contributed by atoms with Crippen LogP contribution in [0.25, 0.3) is 0 Å². The molecule has 4 nitrogen and oxygen atoms in total. The van der Waals surface area contributed by atoms with Gasteiger partial charge in [-0.1, -0.05) is 17.7 Å².